The van der Waals surface area contributed by atoms with E-state index in [-0.39, 0.29) is 5.02 Å². The SMILES string of the molecule is COC(=O)C(Nc1ccccc1Cl)c1ccc(F)cc1Cl. The summed E-state index contributed by atoms with van der Waals surface area (Å²) in [6.45, 7) is 0. The maximum Gasteiger partial charge on any atom is 0.333 e. The third kappa shape index (κ3) is 3.65. The van der Waals surface area contributed by atoms with E-state index < -0.39 is 17.8 Å². The molecular formula is C15H12Cl2FNO2. The van der Waals surface area contributed by atoms with E-state index in [0.29, 0.717) is 16.3 Å². The van der Waals surface area contributed by atoms with Gasteiger partial charge in [0.25, 0.3) is 0 Å². The molecule has 1 unspecified atom stereocenters. The molecule has 0 radical (unpaired) electrons. The van der Waals surface area contributed by atoms with E-state index in [1.165, 1.54) is 19.2 Å². The second kappa shape index (κ2) is 6.78. The quantitative estimate of drug-likeness (QED) is 0.842. The highest BCUT2D eigenvalue weighted by molar-refractivity contribution is 6.33. The number of methoxy groups -OCH3 is 1. The number of esters is 1. The molecule has 0 aliphatic carbocycles. The van der Waals surface area contributed by atoms with Crippen LogP contribution in [-0.4, -0.2) is 13.1 Å². The molecule has 2 aromatic carbocycles. The van der Waals surface area contributed by atoms with Crippen LogP contribution in [0.15, 0.2) is 42.5 Å². The van der Waals surface area contributed by atoms with E-state index in [0.717, 1.165) is 6.07 Å². The first kappa shape index (κ1) is 15.6. The summed E-state index contributed by atoms with van der Waals surface area (Å²) in [5, 5.41) is 3.54. The van der Waals surface area contributed by atoms with Gasteiger partial charge in [0.1, 0.15) is 5.82 Å². The highest BCUT2D eigenvalue weighted by Crippen LogP contribution is 2.30. The van der Waals surface area contributed by atoms with Crippen LogP contribution in [0.4, 0.5) is 10.1 Å². The van der Waals surface area contributed by atoms with Crippen LogP contribution in [0.2, 0.25) is 10.0 Å². The Hall–Kier alpha value is -1.78. The Kier molecular flexibility index (Phi) is 5.04. The fourth-order valence-corrected chi connectivity index (χ4v) is 2.32. The normalized spacial score (nSPS) is 11.8. The fraction of sp³-hybridized carbons (Fsp3) is 0.133. The van der Waals surface area contributed by atoms with Crippen LogP contribution < -0.4 is 5.32 Å². The third-order valence-corrected chi connectivity index (χ3v) is 3.54. The van der Waals surface area contributed by atoms with E-state index in [9.17, 15) is 9.18 Å². The molecule has 0 fully saturated rings. The molecule has 0 aliphatic rings. The van der Waals surface area contributed by atoms with Crippen molar-refractivity contribution in [2.75, 3.05) is 12.4 Å². The minimum Gasteiger partial charge on any atom is -0.467 e. The van der Waals surface area contributed by atoms with Crippen molar-refractivity contribution in [2.24, 2.45) is 0 Å². The molecule has 110 valence electrons. The fourth-order valence-electron chi connectivity index (χ4n) is 1.85. The van der Waals surface area contributed by atoms with E-state index in [1.807, 2.05) is 0 Å². The van der Waals surface area contributed by atoms with Gasteiger partial charge in [-0.1, -0.05) is 41.4 Å². The van der Waals surface area contributed by atoms with Gasteiger partial charge in [-0.3, -0.25) is 0 Å². The summed E-state index contributed by atoms with van der Waals surface area (Å²) < 4.78 is 17.9. The van der Waals surface area contributed by atoms with Crippen LogP contribution in [0, 0.1) is 5.82 Å². The van der Waals surface area contributed by atoms with Gasteiger partial charge in [-0.15, -0.1) is 0 Å². The Morgan fingerprint density at radius 2 is 1.90 bits per heavy atom. The summed E-state index contributed by atoms with van der Waals surface area (Å²) in [7, 11) is 1.26. The lowest BCUT2D eigenvalue weighted by atomic mass is 10.1. The molecular weight excluding hydrogens is 316 g/mol. The van der Waals surface area contributed by atoms with Crippen molar-refractivity contribution in [3.05, 3.63) is 63.9 Å². The van der Waals surface area contributed by atoms with Gasteiger partial charge in [-0.2, -0.15) is 0 Å². The zero-order valence-corrected chi connectivity index (χ0v) is 12.6. The average molecular weight is 328 g/mol. The number of hydrogen-bond acceptors (Lipinski definition) is 3. The zero-order valence-electron chi connectivity index (χ0n) is 11.1. The number of benzene rings is 2. The monoisotopic (exact) mass is 327 g/mol. The minimum atomic E-state index is -0.886. The molecule has 0 spiro atoms. The van der Waals surface area contributed by atoms with E-state index in [1.54, 1.807) is 24.3 Å². The summed E-state index contributed by atoms with van der Waals surface area (Å²) >= 11 is 12.1. The molecule has 0 saturated carbocycles. The van der Waals surface area contributed by atoms with Crippen molar-refractivity contribution in [3.8, 4) is 0 Å². The second-order valence-corrected chi connectivity index (χ2v) is 5.06. The Morgan fingerprint density at radius 1 is 1.19 bits per heavy atom. The summed E-state index contributed by atoms with van der Waals surface area (Å²) in [4.78, 5) is 12.0. The van der Waals surface area contributed by atoms with Gasteiger partial charge in [-0.05, 0) is 24.3 Å². The van der Waals surface area contributed by atoms with E-state index in [4.69, 9.17) is 27.9 Å². The molecule has 0 saturated heterocycles. The highest BCUT2D eigenvalue weighted by atomic mass is 35.5. The summed E-state index contributed by atoms with van der Waals surface area (Å²) in [5.74, 6) is -1.03. The van der Waals surface area contributed by atoms with Gasteiger partial charge in [-0.25, -0.2) is 9.18 Å². The summed E-state index contributed by atoms with van der Waals surface area (Å²) in [6.07, 6.45) is 0. The van der Waals surface area contributed by atoms with Crippen molar-refractivity contribution in [2.45, 2.75) is 6.04 Å². The number of para-hydroxylation sites is 1. The topological polar surface area (TPSA) is 38.3 Å². The summed E-state index contributed by atoms with van der Waals surface area (Å²) in [6, 6.07) is 9.86. The lowest BCUT2D eigenvalue weighted by Gasteiger charge is -2.20. The number of hydrogen-bond donors (Lipinski definition) is 1. The average Bonchev–Trinajstić information content (AvgIpc) is 2.46. The van der Waals surface area contributed by atoms with Crippen LogP contribution in [0.1, 0.15) is 11.6 Å². The molecule has 2 rings (SSSR count). The standard InChI is InChI=1S/C15H12Cl2FNO2/c1-21-15(20)14(10-7-6-9(18)8-12(10)17)19-13-5-3-2-4-11(13)16/h2-8,14,19H,1H3. The van der Waals surface area contributed by atoms with Crippen LogP contribution in [0.5, 0.6) is 0 Å². The van der Waals surface area contributed by atoms with Crippen LogP contribution in [-0.2, 0) is 9.53 Å². The molecule has 0 aliphatic heterocycles. The molecule has 0 heterocycles. The third-order valence-electron chi connectivity index (χ3n) is 2.88. The zero-order chi connectivity index (χ0) is 15.4. The number of carbonyl (C=O) groups excluding carboxylic acids is 1. The lowest BCUT2D eigenvalue weighted by Crippen LogP contribution is -2.23. The predicted octanol–water partition coefficient (Wildman–Crippen LogP) is 4.46. The molecule has 0 amide bonds. The molecule has 1 N–H and O–H groups in total. The van der Waals surface area contributed by atoms with Gasteiger partial charge < -0.3 is 10.1 Å². The lowest BCUT2D eigenvalue weighted by molar-refractivity contribution is -0.141. The van der Waals surface area contributed by atoms with E-state index in [2.05, 4.69) is 5.32 Å². The minimum absolute atomic E-state index is 0.130. The van der Waals surface area contributed by atoms with Crippen molar-refractivity contribution in [1.82, 2.24) is 0 Å². The van der Waals surface area contributed by atoms with Crippen molar-refractivity contribution >= 4 is 34.9 Å². The predicted molar refractivity (Wildman–Crippen MR) is 81.2 cm³/mol. The molecule has 1 atom stereocenters. The molecule has 0 bridgehead atoms. The largest absolute Gasteiger partial charge is 0.467 e. The first-order chi connectivity index (χ1) is 10.0. The maximum atomic E-state index is 13.1. The number of rotatable bonds is 4. The van der Waals surface area contributed by atoms with Gasteiger partial charge >= 0.3 is 5.97 Å². The van der Waals surface area contributed by atoms with Gasteiger partial charge in [0.15, 0.2) is 6.04 Å². The molecule has 2 aromatic rings. The van der Waals surface area contributed by atoms with Gasteiger partial charge in [0.05, 0.1) is 17.8 Å². The van der Waals surface area contributed by atoms with Crippen molar-refractivity contribution < 1.29 is 13.9 Å². The molecule has 6 heteroatoms. The van der Waals surface area contributed by atoms with Crippen LogP contribution >= 0.6 is 23.2 Å². The van der Waals surface area contributed by atoms with E-state index >= 15 is 0 Å². The second-order valence-electron chi connectivity index (χ2n) is 4.25. The molecule has 0 aromatic heterocycles. The number of nitrogens with one attached hydrogen (secondary N) is 1. The first-order valence-electron chi connectivity index (χ1n) is 6.06. The highest BCUT2D eigenvalue weighted by Gasteiger charge is 2.24. The Bertz CT molecular complexity index is 664. The van der Waals surface area contributed by atoms with Crippen molar-refractivity contribution in [3.63, 3.8) is 0 Å². The van der Waals surface area contributed by atoms with Gasteiger partial charge in [0.2, 0.25) is 0 Å². The first-order valence-corrected chi connectivity index (χ1v) is 6.82. The number of ether oxygens (including phenoxy) is 1. The molecule has 21 heavy (non-hydrogen) atoms. The number of carbonyl (C=O) groups is 1. The van der Waals surface area contributed by atoms with Crippen LogP contribution in [0.3, 0.4) is 0 Å². The van der Waals surface area contributed by atoms with Gasteiger partial charge in [0, 0.05) is 10.6 Å². The Balaban J connectivity index is 2.40. The Morgan fingerprint density at radius 3 is 2.52 bits per heavy atom. The maximum absolute atomic E-state index is 13.1. The number of anilines is 1. The van der Waals surface area contributed by atoms with Crippen molar-refractivity contribution in [1.29, 1.82) is 0 Å². The summed E-state index contributed by atoms with van der Waals surface area (Å²) in [5.41, 5.74) is 0.958. The Labute approximate surface area is 131 Å². The smallest absolute Gasteiger partial charge is 0.333 e. The van der Waals surface area contributed by atoms with Crippen LogP contribution in [0.25, 0.3) is 0 Å². The number of halogens is 3. The molecule has 3 nitrogen and oxygen atoms in total.